The molecule has 1 saturated heterocycles. The minimum Gasteiger partial charge on any atom is -0.465 e. The van der Waals surface area contributed by atoms with E-state index in [0.29, 0.717) is 38.0 Å². The van der Waals surface area contributed by atoms with Crippen LogP contribution in [0.15, 0.2) is 52.8 Å². The Bertz CT molecular complexity index is 1570. The average molecular weight is 555 g/mol. The molecule has 11 nitrogen and oxygen atoms in total. The number of aryl methyl sites for hydroxylation is 1. The van der Waals surface area contributed by atoms with Crippen molar-refractivity contribution in [2.75, 3.05) is 19.5 Å². The summed E-state index contributed by atoms with van der Waals surface area (Å²) in [6.45, 7) is 2.13. The van der Waals surface area contributed by atoms with Crippen LogP contribution < -0.4 is 10.9 Å². The zero-order valence-corrected chi connectivity index (χ0v) is 22.0. The molecule has 196 valence electrons. The molecule has 38 heavy (non-hydrogen) atoms. The molecule has 13 heteroatoms. The second-order valence-corrected chi connectivity index (χ2v) is 9.77. The molecule has 0 bridgehead atoms. The fourth-order valence-electron chi connectivity index (χ4n) is 4.16. The van der Waals surface area contributed by atoms with E-state index in [-0.39, 0.29) is 25.3 Å². The third-order valence-corrected chi connectivity index (χ3v) is 6.80. The number of ether oxygens (including phenoxy) is 2. The van der Waals surface area contributed by atoms with Crippen LogP contribution in [0.5, 0.6) is 0 Å². The van der Waals surface area contributed by atoms with Crippen molar-refractivity contribution in [3.63, 3.8) is 0 Å². The van der Waals surface area contributed by atoms with Crippen molar-refractivity contribution in [1.82, 2.24) is 29.8 Å². The maximum atomic E-state index is 13.8. The normalized spacial score (nSPS) is 17.4. The van der Waals surface area contributed by atoms with Crippen LogP contribution in [0.1, 0.15) is 5.69 Å². The Morgan fingerprint density at radius 1 is 1.18 bits per heavy atom. The van der Waals surface area contributed by atoms with Crippen molar-refractivity contribution in [2.24, 2.45) is 0 Å². The van der Waals surface area contributed by atoms with E-state index in [9.17, 15) is 9.59 Å². The first-order valence-corrected chi connectivity index (χ1v) is 13.2. The molecule has 1 fully saturated rings. The van der Waals surface area contributed by atoms with Crippen LogP contribution in [0, 0.1) is 6.92 Å². The standard InChI is InChI=1S/C25H23ClN6O5S/c1-13-7-27-9-20(29-13)14-3-4-17(19(26)6-14)18-5-15-8-28-24(38-2)31-22(15)32(23(18)33)10-21-36-11-16(12-37-21)30-25(34)35/h3-9,16,21,30H,10-12H2,1-2H3,(H,34,35). The van der Waals surface area contributed by atoms with E-state index >= 15 is 0 Å². The molecule has 1 amide bonds. The summed E-state index contributed by atoms with van der Waals surface area (Å²) in [5.74, 6) is 0. The molecule has 0 aliphatic carbocycles. The molecule has 2 N–H and O–H groups in total. The highest BCUT2D eigenvalue weighted by Crippen LogP contribution is 2.31. The molecule has 1 aliphatic heterocycles. The number of rotatable bonds is 6. The smallest absolute Gasteiger partial charge is 0.405 e. The molecule has 4 heterocycles. The number of benzene rings is 1. The maximum Gasteiger partial charge on any atom is 0.405 e. The van der Waals surface area contributed by atoms with Crippen molar-refractivity contribution < 1.29 is 19.4 Å². The van der Waals surface area contributed by atoms with Crippen LogP contribution in [-0.4, -0.2) is 67.5 Å². The van der Waals surface area contributed by atoms with Gasteiger partial charge in [-0.3, -0.25) is 14.3 Å². The summed E-state index contributed by atoms with van der Waals surface area (Å²) in [6, 6.07) is 6.60. The number of nitrogens with one attached hydrogen (secondary N) is 1. The number of carbonyl (C=O) groups is 1. The molecule has 5 rings (SSSR count). The molecule has 4 aromatic rings. The first-order chi connectivity index (χ1) is 18.3. The van der Waals surface area contributed by atoms with E-state index in [1.165, 1.54) is 16.3 Å². The molecule has 0 radical (unpaired) electrons. The second kappa shape index (κ2) is 11.0. The van der Waals surface area contributed by atoms with Gasteiger partial charge in [0.1, 0.15) is 5.65 Å². The van der Waals surface area contributed by atoms with Gasteiger partial charge in [-0.05, 0) is 25.3 Å². The Kier molecular flexibility index (Phi) is 7.56. The predicted molar refractivity (Wildman–Crippen MR) is 142 cm³/mol. The number of amides is 1. The molecule has 1 aliphatic rings. The van der Waals surface area contributed by atoms with Gasteiger partial charge in [0.05, 0.1) is 43.4 Å². The van der Waals surface area contributed by atoms with Gasteiger partial charge in [0.2, 0.25) is 0 Å². The highest BCUT2D eigenvalue weighted by molar-refractivity contribution is 7.98. The summed E-state index contributed by atoms with van der Waals surface area (Å²) < 4.78 is 12.9. The summed E-state index contributed by atoms with van der Waals surface area (Å²) >= 11 is 8.05. The zero-order valence-electron chi connectivity index (χ0n) is 20.4. The molecular weight excluding hydrogens is 532 g/mol. The highest BCUT2D eigenvalue weighted by Gasteiger charge is 2.26. The Morgan fingerprint density at radius 2 is 1.97 bits per heavy atom. The number of hydrogen-bond acceptors (Lipinski definition) is 9. The number of halogens is 1. The van der Waals surface area contributed by atoms with Crippen LogP contribution in [0.2, 0.25) is 5.02 Å². The van der Waals surface area contributed by atoms with E-state index in [2.05, 4.69) is 25.3 Å². The quantitative estimate of drug-likeness (QED) is 0.268. The van der Waals surface area contributed by atoms with E-state index < -0.39 is 18.4 Å². The Hall–Kier alpha value is -3.58. The van der Waals surface area contributed by atoms with Crippen LogP contribution in [0.25, 0.3) is 33.4 Å². The van der Waals surface area contributed by atoms with Crippen molar-refractivity contribution in [2.45, 2.75) is 31.0 Å². The summed E-state index contributed by atoms with van der Waals surface area (Å²) in [7, 11) is 0. The van der Waals surface area contributed by atoms with E-state index in [0.717, 1.165) is 11.3 Å². The fourth-order valence-corrected chi connectivity index (χ4v) is 4.77. The number of carboxylic acid groups (broad SMARTS) is 1. The molecule has 0 atom stereocenters. The first kappa shape index (κ1) is 26.0. The number of pyridine rings is 1. The van der Waals surface area contributed by atoms with Gasteiger partial charge in [0, 0.05) is 39.5 Å². The van der Waals surface area contributed by atoms with Gasteiger partial charge in [0.25, 0.3) is 5.56 Å². The number of thioether (sulfide) groups is 1. The predicted octanol–water partition coefficient (Wildman–Crippen LogP) is 3.61. The first-order valence-electron chi connectivity index (χ1n) is 11.6. The Labute approximate surface area is 226 Å². The average Bonchev–Trinajstić information content (AvgIpc) is 2.90. The lowest BCUT2D eigenvalue weighted by atomic mass is 10.0. The second-order valence-electron chi connectivity index (χ2n) is 8.59. The topological polar surface area (TPSA) is 141 Å². The van der Waals surface area contributed by atoms with Crippen LogP contribution in [-0.2, 0) is 16.0 Å². The van der Waals surface area contributed by atoms with Gasteiger partial charge < -0.3 is 19.9 Å². The van der Waals surface area contributed by atoms with Crippen molar-refractivity contribution >= 4 is 40.5 Å². The molecule has 0 spiro atoms. The minimum absolute atomic E-state index is 0.0440. The van der Waals surface area contributed by atoms with Gasteiger partial charge in [-0.25, -0.2) is 19.7 Å². The maximum absolute atomic E-state index is 13.8. The van der Waals surface area contributed by atoms with Gasteiger partial charge in [0.15, 0.2) is 11.4 Å². The Balaban J connectivity index is 1.54. The highest BCUT2D eigenvalue weighted by atomic mass is 35.5. The fraction of sp³-hybridized carbons (Fsp3) is 0.280. The van der Waals surface area contributed by atoms with Gasteiger partial charge in [-0.1, -0.05) is 35.5 Å². The molecule has 3 aromatic heterocycles. The minimum atomic E-state index is -1.16. The zero-order chi connectivity index (χ0) is 26.8. The van der Waals surface area contributed by atoms with Gasteiger partial charge >= 0.3 is 6.09 Å². The monoisotopic (exact) mass is 554 g/mol. The van der Waals surface area contributed by atoms with E-state index in [1.54, 1.807) is 36.8 Å². The third kappa shape index (κ3) is 5.48. The summed E-state index contributed by atoms with van der Waals surface area (Å²) in [4.78, 5) is 42.3. The van der Waals surface area contributed by atoms with Gasteiger partial charge in [-0.2, -0.15) is 0 Å². The summed E-state index contributed by atoms with van der Waals surface area (Å²) in [5.41, 5.74) is 3.24. The number of nitrogens with zero attached hydrogens (tertiary/aromatic N) is 5. The molecule has 1 aromatic carbocycles. The largest absolute Gasteiger partial charge is 0.465 e. The van der Waals surface area contributed by atoms with Crippen molar-refractivity contribution in [3.05, 3.63) is 63.9 Å². The lowest BCUT2D eigenvalue weighted by Gasteiger charge is -2.29. The van der Waals surface area contributed by atoms with Crippen LogP contribution in [0.4, 0.5) is 4.79 Å². The van der Waals surface area contributed by atoms with E-state index in [4.69, 9.17) is 26.2 Å². The van der Waals surface area contributed by atoms with Crippen molar-refractivity contribution in [1.29, 1.82) is 0 Å². The van der Waals surface area contributed by atoms with Gasteiger partial charge in [-0.15, -0.1) is 0 Å². The SMILES string of the molecule is CSc1ncc2cc(-c3ccc(-c4cncc(C)n4)cc3Cl)c(=O)n(CC3OCC(NC(=O)O)CO3)c2n1. The number of hydrogen-bond donors (Lipinski definition) is 2. The van der Waals surface area contributed by atoms with Crippen LogP contribution >= 0.6 is 23.4 Å². The Morgan fingerprint density at radius 3 is 2.66 bits per heavy atom. The lowest BCUT2D eigenvalue weighted by molar-refractivity contribution is -0.194. The summed E-state index contributed by atoms with van der Waals surface area (Å²) in [5, 5.41) is 12.8. The molecular formula is C25H23ClN6O5S. The van der Waals surface area contributed by atoms with Crippen molar-refractivity contribution in [3.8, 4) is 22.4 Å². The molecule has 0 unspecified atom stereocenters. The molecule has 0 saturated carbocycles. The van der Waals surface area contributed by atoms with Crippen LogP contribution in [0.3, 0.4) is 0 Å². The third-order valence-electron chi connectivity index (χ3n) is 5.92. The van der Waals surface area contributed by atoms with E-state index in [1.807, 2.05) is 19.2 Å². The summed E-state index contributed by atoms with van der Waals surface area (Å²) in [6.07, 6.45) is 4.90. The lowest BCUT2D eigenvalue weighted by Crippen LogP contribution is -2.48. The number of fused-ring (bicyclic) bond motifs is 1. The number of aromatic nitrogens is 5.